The Hall–Kier alpha value is -3.51. The fraction of sp³-hybridized carbons (Fsp3) is 0.269. The predicted molar refractivity (Wildman–Crippen MR) is 125 cm³/mol. The molecule has 0 aliphatic heterocycles. The molecule has 0 saturated heterocycles. The summed E-state index contributed by atoms with van der Waals surface area (Å²) in [5.74, 6) is 0. The van der Waals surface area contributed by atoms with Gasteiger partial charge in [0.25, 0.3) is 0 Å². The largest absolute Gasteiger partial charge is 0.393 e. The maximum atomic E-state index is 9.78. The van der Waals surface area contributed by atoms with Crippen LogP contribution >= 0.6 is 0 Å². The quantitative estimate of drug-likeness (QED) is 0.443. The average Bonchev–Trinajstić information content (AvgIpc) is 3.47. The minimum absolute atomic E-state index is 0.150. The van der Waals surface area contributed by atoms with Crippen molar-refractivity contribution in [3.05, 3.63) is 78.9 Å². The SMILES string of the molecule is OC1CCC(n2cc(-c3ccc4cnn(Cc5ccc6ncccc6c5)c4c3)cn2)CC1. The molecule has 1 N–H and O–H groups in total. The van der Waals surface area contributed by atoms with Crippen LogP contribution < -0.4 is 0 Å². The molecule has 0 unspecified atom stereocenters. The molecule has 160 valence electrons. The van der Waals surface area contributed by atoms with Gasteiger partial charge in [0.2, 0.25) is 0 Å². The van der Waals surface area contributed by atoms with E-state index in [0.717, 1.165) is 58.6 Å². The first-order valence-corrected chi connectivity index (χ1v) is 11.2. The summed E-state index contributed by atoms with van der Waals surface area (Å²) < 4.78 is 4.13. The maximum absolute atomic E-state index is 9.78. The standard InChI is InChI=1S/C26H25N5O/c32-24-8-6-23(7-9-24)30-17-22(15-28-30)19-4-5-21-14-29-31(26(21)13-19)16-18-3-10-25-20(12-18)2-1-11-27-25/h1-5,10-15,17,23-24,32H,6-9,16H2. The van der Waals surface area contributed by atoms with E-state index in [2.05, 4.69) is 73.2 Å². The summed E-state index contributed by atoms with van der Waals surface area (Å²) in [5, 5.41) is 21.3. The highest BCUT2D eigenvalue weighted by Gasteiger charge is 2.21. The van der Waals surface area contributed by atoms with Crippen LogP contribution in [0, 0.1) is 0 Å². The monoisotopic (exact) mass is 423 g/mol. The summed E-state index contributed by atoms with van der Waals surface area (Å²) in [6.07, 6.45) is 11.4. The third-order valence-corrected chi connectivity index (χ3v) is 6.62. The normalized spacial score (nSPS) is 19.0. The van der Waals surface area contributed by atoms with Gasteiger partial charge in [0.15, 0.2) is 0 Å². The number of pyridine rings is 1. The van der Waals surface area contributed by atoms with Crippen molar-refractivity contribution in [3.63, 3.8) is 0 Å². The summed E-state index contributed by atoms with van der Waals surface area (Å²) in [6, 6.07) is 17.3. The van der Waals surface area contributed by atoms with Gasteiger partial charge in [-0.25, -0.2) is 0 Å². The first kappa shape index (κ1) is 19.2. The molecule has 6 nitrogen and oxygen atoms in total. The number of fused-ring (bicyclic) bond motifs is 2. The topological polar surface area (TPSA) is 68.8 Å². The molecule has 0 atom stereocenters. The lowest BCUT2D eigenvalue weighted by Crippen LogP contribution is -2.21. The van der Waals surface area contributed by atoms with Gasteiger partial charge in [0.1, 0.15) is 0 Å². The van der Waals surface area contributed by atoms with E-state index in [1.165, 1.54) is 5.56 Å². The predicted octanol–water partition coefficient (Wildman–Crippen LogP) is 4.97. The van der Waals surface area contributed by atoms with Crippen molar-refractivity contribution in [3.8, 4) is 11.1 Å². The van der Waals surface area contributed by atoms with Crippen molar-refractivity contribution < 1.29 is 5.11 Å². The van der Waals surface area contributed by atoms with Gasteiger partial charge in [0.05, 0.1) is 42.1 Å². The highest BCUT2D eigenvalue weighted by atomic mass is 16.3. The van der Waals surface area contributed by atoms with Crippen molar-refractivity contribution >= 4 is 21.8 Å². The lowest BCUT2D eigenvalue weighted by atomic mass is 9.93. The molecule has 5 aromatic rings. The molecule has 6 rings (SSSR count). The summed E-state index contributed by atoms with van der Waals surface area (Å²) in [5.41, 5.74) is 5.58. The second-order valence-corrected chi connectivity index (χ2v) is 8.78. The van der Waals surface area contributed by atoms with Crippen LogP contribution in [0.15, 0.2) is 73.3 Å². The van der Waals surface area contributed by atoms with E-state index in [0.29, 0.717) is 12.6 Å². The second kappa shape index (κ2) is 7.88. The van der Waals surface area contributed by atoms with E-state index in [4.69, 9.17) is 0 Å². The second-order valence-electron chi connectivity index (χ2n) is 8.78. The van der Waals surface area contributed by atoms with Crippen LogP contribution in [-0.4, -0.2) is 35.8 Å². The summed E-state index contributed by atoms with van der Waals surface area (Å²) in [7, 11) is 0. The van der Waals surface area contributed by atoms with Crippen molar-refractivity contribution in [1.29, 1.82) is 0 Å². The van der Waals surface area contributed by atoms with E-state index < -0.39 is 0 Å². The van der Waals surface area contributed by atoms with E-state index in [-0.39, 0.29) is 6.10 Å². The molecule has 6 heteroatoms. The molecule has 1 saturated carbocycles. The fourth-order valence-electron chi connectivity index (χ4n) is 4.78. The lowest BCUT2D eigenvalue weighted by Gasteiger charge is -2.25. The third-order valence-electron chi connectivity index (χ3n) is 6.62. The van der Waals surface area contributed by atoms with Gasteiger partial charge in [-0.05, 0) is 61.1 Å². The van der Waals surface area contributed by atoms with Crippen LogP contribution in [-0.2, 0) is 6.54 Å². The Balaban J connectivity index is 1.29. The van der Waals surface area contributed by atoms with E-state index >= 15 is 0 Å². The number of hydrogen-bond acceptors (Lipinski definition) is 4. The Kier molecular flexibility index (Phi) is 4.72. The summed E-state index contributed by atoms with van der Waals surface area (Å²) in [4.78, 5) is 4.41. The Labute approximate surface area is 186 Å². The third kappa shape index (κ3) is 3.56. The summed E-state index contributed by atoms with van der Waals surface area (Å²) in [6.45, 7) is 0.710. The molecule has 2 aromatic carbocycles. The minimum atomic E-state index is -0.150. The van der Waals surface area contributed by atoms with E-state index in [1.807, 2.05) is 24.7 Å². The Morgan fingerprint density at radius 2 is 1.78 bits per heavy atom. The van der Waals surface area contributed by atoms with Crippen LogP contribution in [0.5, 0.6) is 0 Å². The molecule has 1 aliphatic carbocycles. The van der Waals surface area contributed by atoms with Crippen LogP contribution in [0.3, 0.4) is 0 Å². The molecule has 1 aliphatic rings. The minimum Gasteiger partial charge on any atom is -0.393 e. The summed E-state index contributed by atoms with van der Waals surface area (Å²) >= 11 is 0. The van der Waals surface area contributed by atoms with Gasteiger partial charge >= 0.3 is 0 Å². The highest BCUT2D eigenvalue weighted by molar-refractivity contribution is 5.84. The Morgan fingerprint density at radius 1 is 0.875 bits per heavy atom. The van der Waals surface area contributed by atoms with Gasteiger partial charge in [-0.2, -0.15) is 10.2 Å². The molecular formula is C26H25N5O. The fourth-order valence-corrected chi connectivity index (χ4v) is 4.78. The lowest BCUT2D eigenvalue weighted by molar-refractivity contribution is 0.108. The Morgan fingerprint density at radius 3 is 2.69 bits per heavy atom. The number of nitrogens with zero attached hydrogens (tertiary/aromatic N) is 5. The molecule has 0 amide bonds. The molecule has 0 spiro atoms. The van der Waals surface area contributed by atoms with Gasteiger partial charge in [0, 0.05) is 28.7 Å². The zero-order valence-corrected chi connectivity index (χ0v) is 17.8. The van der Waals surface area contributed by atoms with Crippen LogP contribution in [0.1, 0.15) is 37.3 Å². The molecule has 3 aromatic heterocycles. The first-order chi connectivity index (χ1) is 15.7. The van der Waals surface area contributed by atoms with Crippen molar-refractivity contribution in [2.24, 2.45) is 0 Å². The molecule has 3 heterocycles. The zero-order valence-electron chi connectivity index (χ0n) is 17.8. The molecule has 0 bridgehead atoms. The van der Waals surface area contributed by atoms with Gasteiger partial charge in [-0.3, -0.25) is 14.3 Å². The van der Waals surface area contributed by atoms with Crippen molar-refractivity contribution in [1.82, 2.24) is 24.5 Å². The molecular weight excluding hydrogens is 398 g/mol. The maximum Gasteiger partial charge on any atom is 0.0702 e. The molecule has 0 radical (unpaired) electrons. The van der Waals surface area contributed by atoms with Gasteiger partial charge < -0.3 is 5.11 Å². The van der Waals surface area contributed by atoms with E-state index in [1.54, 1.807) is 0 Å². The zero-order chi connectivity index (χ0) is 21.5. The van der Waals surface area contributed by atoms with Gasteiger partial charge in [-0.1, -0.05) is 24.3 Å². The number of rotatable bonds is 4. The molecule has 1 fully saturated rings. The number of aliphatic hydroxyl groups is 1. The van der Waals surface area contributed by atoms with Crippen molar-refractivity contribution in [2.75, 3.05) is 0 Å². The van der Waals surface area contributed by atoms with E-state index in [9.17, 15) is 5.11 Å². The highest BCUT2D eigenvalue weighted by Crippen LogP contribution is 2.30. The van der Waals surface area contributed by atoms with Crippen molar-refractivity contribution in [2.45, 2.75) is 44.4 Å². The van der Waals surface area contributed by atoms with Crippen LogP contribution in [0.25, 0.3) is 32.9 Å². The number of benzene rings is 2. The molecule has 32 heavy (non-hydrogen) atoms. The average molecular weight is 424 g/mol. The first-order valence-electron chi connectivity index (χ1n) is 11.2. The number of aliphatic hydroxyl groups excluding tert-OH is 1. The van der Waals surface area contributed by atoms with Crippen LogP contribution in [0.4, 0.5) is 0 Å². The Bertz CT molecular complexity index is 1390. The van der Waals surface area contributed by atoms with Crippen LogP contribution in [0.2, 0.25) is 0 Å². The number of aromatic nitrogens is 5. The van der Waals surface area contributed by atoms with Gasteiger partial charge in [-0.15, -0.1) is 0 Å². The number of hydrogen-bond donors (Lipinski definition) is 1. The smallest absolute Gasteiger partial charge is 0.0702 e.